The minimum absolute atomic E-state index is 0.0204. The van der Waals surface area contributed by atoms with Crippen LogP contribution in [0, 0.1) is 0 Å². The smallest absolute Gasteiger partial charge is 0.331 e. The highest BCUT2D eigenvalue weighted by Crippen LogP contribution is 2.21. The third kappa shape index (κ3) is 3.68. The van der Waals surface area contributed by atoms with E-state index in [2.05, 4.69) is 4.84 Å². The highest BCUT2D eigenvalue weighted by molar-refractivity contribution is 7.90. The Labute approximate surface area is 110 Å². The normalized spacial score (nSPS) is 10.8. The highest BCUT2D eigenvalue weighted by atomic mass is 32.2. The molecule has 0 saturated heterocycles. The average Bonchev–Trinajstić information content (AvgIpc) is 2.34. The summed E-state index contributed by atoms with van der Waals surface area (Å²) in [4.78, 5) is 27.0. The molecule has 3 N–H and O–H groups in total. The summed E-state index contributed by atoms with van der Waals surface area (Å²) in [5.41, 5.74) is 7.20. The van der Waals surface area contributed by atoms with Gasteiger partial charge >= 0.3 is 5.97 Å². The van der Waals surface area contributed by atoms with Gasteiger partial charge in [0.2, 0.25) is 0 Å². The quantitative estimate of drug-likeness (QED) is 0.608. The first-order valence-electron chi connectivity index (χ1n) is 5.36. The SMILES string of the molecule is CCC(=O)ONC(=O)c1c(N)cccc1S(C)(=O)=O. The van der Waals surface area contributed by atoms with E-state index in [-0.39, 0.29) is 22.6 Å². The minimum Gasteiger partial charge on any atom is -0.398 e. The number of anilines is 1. The van der Waals surface area contributed by atoms with E-state index in [1.54, 1.807) is 6.92 Å². The molecule has 0 unspecified atom stereocenters. The van der Waals surface area contributed by atoms with Crippen LogP contribution in [0.2, 0.25) is 0 Å². The van der Waals surface area contributed by atoms with Gasteiger partial charge in [-0.25, -0.2) is 13.2 Å². The zero-order chi connectivity index (χ0) is 14.6. The Morgan fingerprint density at radius 1 is 1.37 bits per heavy atom. The average molecular weight is 286 g/mol. The summed E-state index contributed by atoms with van der Waals surface area (Å²) in [5, 5.41) is 0. The van der Waals surface area contributed by atoms with Gasteiger partial charge in [0.15, 0.2) is 9.84 Å². The van der Waals surface area contributed by atoms with Crippen LogP contribution in [0.5, 0.6) is 0 Å². The maximum absolute atomic E-state index is 11.8. The minimum atomic E-state index is -3.63. The number of hydrogen-bond donors (Lipinski definition) is 2. The fourth-order valence-electron chi connectivity index (χ4n) is 1.33. The lowest BCUT2D eigenvalue weighted by Gasteiger charge is -2.10. The summed E-state index contributed by atoms with van der Waals surface area (Å²) in [5.74, 6) is -1.54. The summed E-state index contributed by atoms with van der Waals surface area (Å²) in [6.07, 6.45) is 1.03. The van der Waals surface area contributed by atoms with Crippen LogP contribution in [0.3, 0.4) is 0 Å². The molecule has 1 amide bonds. The van der Waals surface area contributed by atoms with Crippen molar-refractivity contribution in [3.05, 3.63) is 23.8 Å². The van der Waals surface area contributed by atoms with Crippen LogP contribution in [-0.2, 0) is 19.5 Å². The van der Waals surface area contributed by atoms with Crippen LogP contribution < -0.4 is 11.2 Å². The van der Waals surface area contributed by atoms with Crippen molar-refractivity contribution in [2.75, 3.05) is 12.0 Å². The number of hydrogen-bond acceptors (Lipinski definition) is 6. The standard InChI is InChI=1S/C11H14N2O5S/c1-3-9(14)18-13-11(15)10-7(12)5-4-6-8(10)19(2,16)17/h4-6H,3,12H2,1-2H3,(H,13,15). The fraction of sp³-hybridized carbons (Fsp3) is 0.273. The number of carbonyl (C=O) groups excluding carboxylic acids is 2. The predicted octanol–water partition coefficient (Wildman–Crippen LogP) is 0.270. The van der Waals surface area contributed by atoms with E-state index in [0.717, 1.165) is 6.26 Å². The van der Waals surface area contributed by atoms with Gasteiger partial charge in [0, 0.05) is 18.4 Å². The first-order chi connectivity index (χ1) is 8.77. The van der Waals surface area contributed by atoms with Crippen molar-refractivity contribution in [1.29, 1.82) is 0 Å². The predicted molar refractivity (Wildman–Crippen MR) is 67.8 cm³/mol. The molecule has 0 saturated carbocycles. The monoisotopic (exact) mass is 286 g/mol. The Balaban J connectivity index is 3.13. The number of nitrogens with two attached hydrogens (primary N) is 1. The third-order valence-corrected chi connectivity index (χ3v) is 3.37. The van der Waals surface area contributed by atoms with E-state index in [4.69, 9.17) is 5.73 Å². The van der Waals surface area contributed by atoms with Crippen LogP contribution in [0.25, 0.3) is 0 Å². The zero-order valence-electron chi connectivity index (χ0n) is 10.5. The van der Waals surface area contributed by atoms with Crippen LogP contribution in [0.15, 0.2) is 23.1 Å². The molecule has 8 heteroatoms. The molecule has 19 heavy (non-hydrogen) atoms. The Morgan fingerprint density at radius 3 is 2.53 bits per heavy atom. The molecule has 0 radical (unpaired) electrons. The lowest BCUT2D eigenvalue weighted by Crippen LogP contribution is -2.28. The van der Waals surface area contributed by atoms with Crippen molar-refractivity contribution < 1.29 is 22.8 Å². The molecule has 0 fully saturated rings. The molecule has 1 aromatic carbocycles. The van der Waals surface area contributed by atoms with E-state index in [0.29, 0.717) is 0 Å². The van der Waals surface area contributed by atoms with Crippen molar-refractivity contribution in [3.8, 4) is 0 Å². The van der Waals surface area contributed by atoms with Gasteiger partial charge in [0.05, 0.1) is 10.5 Å². The van der Waals surface area contributed by atoms with Gasteiger partial charge in [-0.2, -0.15) is 5.48 Å². The summed E-state index contributed by atoms with van der Waals surface area (Å²) in [6, 6.07) is 4.05. The second kappa shape index (κ2) is 5.70. The summed E-state index contributed by atoms with van der Waals surface area (Å²) in [7, 11) is -3.63. The number of nitrogen functional groups attached to an aromatic ring is 1. The van der Waals surface area contributed by atoms with E-state index in [9.17, 15) is 18.0 Å². The van der Waals surface area contributed by atoms with Crippen molar-refractivity contribution in [2.45, 2.75) is 18.2 Å². The highest BCUT2D eigenvalue weighted by Gasteiger charge is 2.22. The van der Waals surface area contributed by atoms with Gasteiger partial charge in [-0.05, 0) is 12.1 Å². The summed E-state index contributed by atoms with van der Waals surface area (Å²) < 4.78 is 23.1. The molecule has 104 valence electrons. The number of sulfone groups is 1. The van der Waals surface area contributed by atoms with Crippen molar-refractivity contribution in [2.24, 2.45) is 0 Å². The third-order valence-electron chi connectivity index (χ3n) is 2.23. The molecule has 0 aliphatic heterocycles. The van der Waals surface area contributed by atoms with Crippen molar-refractivity contribution >= 4 is 27.4 Å². The molecule has 1 aromatic rings. The lowest BCUT2D eigenvalue weighted by molar-refractivity contribution is -0.148. The molecule has 0 heterocycles. The molecule has 0 aromatic heterocycles. The van der Waals surface area contributed by atoms with Crippen LogP contribution in [0.4, 0.5) is 5.69 Å². The molecule has 1 rings (SSSR count). The fourth-order valence-corrected chi connectivity index (χ4v) is 2.23. The van der Waals surface area contributed by atoms with E-state index < -0.39 is 21.7 Å². The van der Waals surface area contributed by atoms with Crippen LogP contribution in [0.1, 0.15) is 23.7 Å². The van der Waals surface area contributed by atoms with Crippen LogP contribution in [-0.4, -0.2) is 26.6 Å². The molecular formula is C11H14N2O5S. The second-order valence-electron chi connectivity index (χ2n) is 3.75. The largest absolute Gasteiger partial charge is 0.398 e. The van der Waals surface area contributed by atoms with E-state index in [1.807, 2.05) is 5.48 Å². The Kier molecular flexibility index (Phi) is 4.49. The maximum atomic E-state index is 11.8. The number of carbonyl (C=O) groups is 2. The molecule has 0 bridgehead atoms. The van der Waals surface area contributed by atoms with Gasteiger partial charge in [0.25, 0.3) is 5.91 Å². The topological polar surface area (TPSA) is 116 Å². The second-order valence-corrected chi connectivity index (χ2v) is 5.74. The molecule has 0 aliphatic rings. The number of hydroxylamine groups is 1. The first-order valence-corrected chi connectivity index (χ1v) is 7.25. The van der Waals surface area contributed by atoms with E-state index >= 15 is 0 Å². The van der Waals surface area contributed by atoms with Crippen LogP contribution >= 0.6 is 0 Å². The van der Waals surface area contributed by atoms with E-state index in [1.165, 1.54) is 18.2 Å². The molecule has 0 aliphatic carbocycles. The first kappa shape index (κ1) is 15.0. The molecular weight excluding hydrogens is 272 g/mol. The van der Waals surface area contributed by atoms with Crippen molar-refractivity contribution in [1.82, 2.24) is 5.48 Å². The van der Waals surface area contributed by atoms with Gasteiger partial charge in [-0.15, -0.1) is 0 Å². The van der Waals surface area contributed by atoms with Gasteiger partial charge in [0.1, 0.15) is 0 Å². The Bertz CT molecular complexity index is 610. The maximum Gasteiger partial charge on any atom is 0.331 e. The van der Waals surface area contributed by atoms with Crippen molar-refractivity contribution in [3.63, 3.8) is 0 Å². The number of benzene rings is 1. The summed E-state index contributed by atoms with van der Waals surface area (Å²) >= 11 is 0. The number of nitrogens with one attached hydrogen (secondary N) is 1. The Morgan fingerprint density at radius 2 is 2.00 bits per heavy atom. The number of rotatable bonds is 3. The molecule has 0 atom stereocenters. The van der Waals surface area contributed by atoms with Gasteiger partial charge < -0.3 is 10.6 Å². The van der Waals surface area contributed by atoms with Gasteiger partial charge in [-0.3, -0.25) is 4.79 Å². The Hall–Kier alpha value is -2.09. The summed E-state index contributed by atoms with van der Waals surface area (Å²) in [6.45, 7) is 1.55. The number of amides is 1. The molecule has 7 nitrogen and oxygen atoms in total. The molecule has 0 spiro atoms. The van der Waals surface area contributed by atoms with Gasteiger partial charge in [-0.1, -0.05) is 13.0 Å². The zero-order valence-corrected chi connectivity index (χ0v) is 11.3. The lowest BCUT2D eigenvalue weighted by atomic mass is 10.2.